The zero-order valence-electron chi connectivity index (χ0n) is 30.8. The van der Waals surface area contributed by atoms with Gasteiger partial charge in [-0.1, -0.05) is 103 Å². The monoisotopic (exact) mass is 584 g/mol. The summed E-state index contributed by atoms with van der Waals surface area (Å²) in [6.07, 6.45) is 0. The predicted octanol–water partition coefficient (Wildman–Crippen LogP) is 12.3. The molecule has 3 nitrogen and oxygen atoms in total. The maximum Gasteiger partial charge on any atom is 0.137 e. The second-order valence-corrected chi connectivity index (χ2v) is 10.8. The minimum atomic E-state index is -0.463. The van der Waals surface area contributed by atoms with E-state index in [-0.39, 0.29) is 57.7 Å². The summed E-state index contributed by atoms with van der Waals surface area (Å²) < 4.78 is 72.2. The van der Waals surface area contributed by atoms with Gasteiger partial charge in [-0.25, -0.2) is 0 Å². The summed E-state index contributed by atoms with van der Waals surface area (Å²) in [5.74, 6) is 0. The Morgan fingerprint density at radius 3 is 1.84 bits per heavy atom. The first kappa shape index (κ1) is 19.3. The third-order valence-electron chi connectivity index (χ3n) is 8.15. The van der Waals surface area contributed by atoms with Crippen LogP contribution in [-0.4, -0.2) is 0 Å². The molecule has 0 spiro atoms. The molecule has 7 aromatic carbocycles. The van der Waals surface area contributed by atoms with E-state index in [2.05, 4.69) is 47.4 Å². The second kappa shape index (κ2) is 10.3. The van der Waals surface area contributed by atoms with Gasteiger partial charge in [0.05, 0.1) is 20.7 Å². The molecule has 0 amide bonds. The SMILES string of the molecule is [2H]c1c([2H])c([2H])c2c(oc3c([2H])c(-c4ccc(N(c5ccc(-c6ccccc6)cc5)c5cccc6oc7ccccc7c56)cc4)c([2H])c([2H])c32)c1[2H]. The van der Waals surface area contributed by atoms with Crippen molar-refractivity contribution >= 4 is 60.9 Å². The first-order valence-electron chi connectivity index (χ1n) is 18.1. The molecule has 0 aliphatic heterocycles. The van der Waals surface area contributed by atoms with Crippen LogP contribution >= 0.6 is 0 Å². The molecule has 2 aromatic heterocycles. The van der Waals surface area contributed by atoms with Gasteiger partial charge in [-0.2, -0.15) is 0 Å². The average Bonchev–Trinajstić information content (AvgIpc) is 3.77. The Kier molecular flexibility index (Phi) is 4.40. The molecule has 0 atom stereocenters. The summed E-state index contributed by atoms with van der Waals surface area (Å²) in [5.41, 5.74) is 6.84. The van der Waals surface area contributed by atoms with E-state index in [9.17, 15) is 0 Å². The van der Waals surface area contributed by atoms with Crippen LogP contribution in [0.15, 0.2) is 172 Å². The maximum absolute atomic E-state index is 9.11. The number of hydrogen-bond donors (Lipinski definition) is 0. The van der Waals surface area contributed by atoms with Gasteiger partial charge >= 0.3 is 0 Å². The standard InChI is InChI=1S/C42H27NO2/c1-2-9-28(10-3-1)29-17-22-32(23-18-29)43(37-13-8-16-40-42(37)36-12-5-7-15-39(36)44-40)33-24-19-30(20-25-33)31-21-26-35-34-11-4-6-14-38(34)45-41(35)27-31/h1-27H/i4D,6D,11D,14D,21D,26D,27D. The number of para-hydroxylation sites is 2. The lowest BCUT2D eigenvalue weighted by molar-refractivity contribution is 0.668. The van der Waals surface area contributed by atoms with Crippen LogP contribution in [-0.2, 0) is 0 Å². The molecule has 45 heavy (non-hydrogen) atoms. The average molecular weight is 585 g/mol. The molecule has 0 fully saturated rings. The van der Waals surface area contributed by atoms with E-state index in [1.165, 1.54) is 0 Å². The number of fused-ring (bicyclic) bond motifs is 6. The van der Waals surface area contributed by atoms with Gasteiger partial charge < -0.3 is 13.7 Å². The summed E-state index contributed by atoms with van der Waals surface area (Å²) >= 11 is 0. The van der Waals surface area contributed by atoms with Crippen LogP contribution < -0.4 is 4.90 Å². The lowest BCUT2D eigenvalue weighted by Crippen LogP contribution is -2.10. The summed E-state index contributed by atoms with van der Waals surface area (Å²) in [6.45, 7) is 0. The molecule has 212 valence electrons. The highest BCUT2D eigenvalue weighted by Gasteiger charge is 2.19. The zero-order chi connectivity index (χ0) is 35.8. The molecule has 9 rings (SSSR count). The van der Waals surface area contributed by atoms with Crippen LogP contribution in [0, 0.1) is 0 Å². The van der Waals surface area contributed by atoms with Crippen molar-refractivity contribution in [3.63, 3.8) is 0 Å². The van der Waals surface area contributed by atoms with Crippen molar-refractivity contribution in [2.45, 2.75) is 0 Å². The molecular formula is C42H27NO2. The maximum atomic E-state index is 9.11. The van der Waals surface area contributed by atoms with Crippen molar-refractivity contribution in [1.29, 1.82) is 0 Å². The number of furan rings is 2. The third-order valence-corrected chi connectivity index (χ3v) is 8.15. The van der Waals surface area contributed by atoms with Gasteiger partial charge in [0.25, 0.3) is 0 Å². The Morgan fingerprint density at radius 2 is 1.04 bits per heavy atom. The third kappa shape index (κ3) is 4.29. The highest BCUT2D eigenvalue weighted by Crippen LogP contribution is 2.43. The molecule has 0 saturated heterocycles. The molecule has 0 bridgehead atoms. The van der Waals surface area contributed by atoms with Crippen molar-refractivity contribution in [2.75, 3.05) is 4.90 Å². The van der Waals surface area contributed by atoms with E-state index in [1.807, 2.05) is 78.9 Å². The number of benzene rings is 7. The predicted molar refractivity (Wildman–Crippen MR) is 187 cm³/mol. The molecule has 3 heteroatoms. The Bertz CT molecular complexity index is 2860. The lowest BCUT2D eigenvalue weighted by Gasteiger charge is -2.26. The van der Waals surface area contributed by atoms with E-state index in [4.69, 9.17) is 18.4 Å². The topological polar surface area (TPSA) is 29.5 Å². The van der Waals surface area contributed by atoms with Crippen LogP contribution in [0.25, 0.3) is 66.1 Å². The highest BCUT2D eigenvalue weighted by molar-refractivity contribution is 6.13. The largest absolute Gasteiger partial charge is 0.456 e. The quantitative estimate of drug-likeness (QED) is 0.201. The minimum absolute atomic E-state index is 0.00442. The van der Waals surface area contributed by atoms with Crippen LogP contribution in [0.5, 0.6) is 0 Å². The molecule has 9 aromatic rings. The summed E-state index contributed by atoms with van der Waals surface area (Å²) in [6, 6.07) is 37.5. The van der Waals surface area contributed by atoms with Crippen molar-refractivity contribution in [3.05, 3.63) is 164 Å². The van der Waals surface area contributed by atoms with Crippen molar-refractivity contribution in [2.24, 2.45) is 0 Å². The first-order chi connectivity index (χ1) is 25.2. The van der Waals surface area contributed by atoms with Gasteiger partial charge in [0, 0.05) is 27.5 Å². The van der Waals surface area contributed by atoms with E-state index in [0.29, 0.717) is 5.56 Å². The number of hydrogen-bond acceptors (Lipinski definition) is 3. The lowest BCUT2D eigenvalue weighted by atomic mass is 10.0. The van der Waals surface area contributed by atoms with Crippen molar-refractivity contribution in [3.8, 4) is 22.3 Å². The fraction of sp³-hybridized carbons (Fsp3) is 0. The number of rotatable bonds is 5. The molecule has 0 aliphatic rings. The Morgan fingerprint density at radius 1 is 0.422 bits per heavy atom. The highest BCUT2D eigenvalue weighted by atomic mass is 16.3. The molecule has 2 heterocycles. The van der Waals surface area contributed by atoms with Crippen LogP contribution in [0.2, 0.25) is 0 Å². The molecule has 0 radical (unpaired) electrons. The van der Waals surface area contributed by atoms with Gasteiger partial charge in [-0.15, -0.1) is 0 Å². The first-order valence-corrected chi connectivity index (χ1v) is 14.6. The normalized spacial score (nSPS) is 13.7. The fourth-order valence-corrected chi connectivity index (χ4v) is 6.02. The summed E-state index contributed by atoms with van der Waals surface area (Å²) in [7, 11) is 0. The molecule has 0 N–H and O–H groups in total. The zero-order valence-corrected chi connectivity index (χ0v) is 23.8. The van der Waals surface area contributed by atoms with Crippen molar-refractivity contribution in [1.82, 2.24) is 0 Å². The molecule has 0 saturated carbocycles. The summed E-state index contributed by atoms with van der Waals surface area (Å²) in [5, 5.41) is 1.98. The van der Waals surface area contributed by atoms with E-state index in [1.54, 1.807) is 0 Å². The van der Waals surface area contributed by atoms with Gasteiger partial charge in [0.2, 0.25) is 0 Å². The fourth-order valence-electron chi connectivity index (χ4n) is 6.02. The number of nitrogens with zero attached hydrogens (tertiary/aromatic N) is 1. The Labute approximate surface area is 270 Å². The summed E-state index contributed by atoms with van der Waals surface area (Å²) in [4.78, 5) is 2.15. The smallest absolute Gasteiger partial charge is 0.137 e. The van der Waals surface area contributed by atoms with Gasteiger partial charge in [-0.05, 0) is 82.8 Å². The van der Waals surface area contributed by atoms with Crippen LogP contribution in [0.1, 0.15) is 9.60 Å². The van der Waals surface area contributed by atoms with Crippen LogP contribution in [0.3, 0.4) is 0 Å². The molecule has 0 aliphatic carbocycles. The van der Waals surface area contributed by atoms with Gasteiger partial charge in [0.15, 0.2) is 0 Å². The second-order valence-electron chi connectivity index (χ2n) is 10.8. The van der Waals surface area contributed by atoms with Crippen LogP contribution in [0.4, 0.5) is 17.1 Å². The van der Waals surface area contributed by atoms with E-state index < -0.39 is 12.1 Å². The van der Waals surface area contributed by atoms with E-state index >= 15 is 0 Å². The minimum Gasteiger partial charge on any atom is -0.456 e. The molecule has 0 unspecified atom stereocenters. The van der Waals surface area contributed by atoms with E-state index in [0.717, 1.165) is 50.1 Å². The number of anilines is 3. The Hall–Kier alpha value is -6.06. The van der Waals surface area contributed by atoms with Gasteiger partial charge in [-0.3, -0.25) is 0 Å². The van der Waals surface area contributed by atoms with Crippen molar-refractivity contribution < 1.29 is 18.4 Å². The Balaban J connectivity index is 1.22. The molecular weight excluding hydrogens is 550 g/mol. The van der Waals surface area contributed by atoms with Gasteiger partial charge in [0.1, 0.15) is 22.3 Å².